The van der Waals surface area contributed by atoms with Crippen molar-refractivity contribution in [3.63, 3.8) is 0 Å². The minimum atomic E-state index is -0.881. The van der Waals surface area contributed by atoms with Gasteiger partial charge in [0, 0.05) is 60.8 Å². The van der Waals surface area contributed by atoms with E-state index in [-0.39, 0.29) is 5.56 Å². The summed E-state index contributed by atoms with van der Waals surface area (Å²) in [6.45, 7) is 4.94. The van der Waals surface area contributed by atoms with Gasteiger partial charge in [-0.15, -0.1) is 4.91 Å². The van der Waals surface area contributed by atoms with E-state index >= 15 is 0 Å². The Balaban J connectivity index is 1.62. The van der Waals surface area contributed by atoms with Crippen molar-refractivity contribution in [1.82, 2.24) is 15.3 Å². The lowest BCUT2D eigenvalue weighted by Crippen LogP contribution is -2.37. The molecule has 1 atom stereocenters. The molecule has 0 aliphatic carbocycles. The Morgan fingerprint density at radius 3 is 2.62 bits per heavy atom. The molecule has 10 nitrogen and oxygen atoms in total. The molecular formula is C22H21N5O5. The highest BCUT2D eigenvalue weighted by molar-refractivity contribution is 6.04. The number of hydrogen-bond acceptors (Lipinski definition) is 9. The van der Waals surface area contributed by atoms with Crippen LogP contribution in [0.2, 0.25) is 0 Å². The summed E-state index contributed by atoms with van der Waals surface area (Å²) in [6.07, 6.45) is 8.26. The third kappa shape index (κ3) is 3.58. The number of hydrogen-bond donors (Lipinski definition) is 1. The van der Waals surface area contributed by atoms with Crippen LogP contribution in [0.3, 0.4) is 0 Å². The Kier molecular flexibility index (Phi) is 5.28. The summed E-state index contributed by atoms with van der Waals surface area (Å²) in [5.41, 5.74) is 2.64. The fourth-order valence-electron chi connectivity index (χ4n) is 4.00. The van der Waals surface area contributed by atoms with E-state index < -0.39 is 12.2 Å². The van der Waals surface area contributed by atoms with Crippen molar-refractivity contribution in [3.05, 3.63) is 52.8 Å². The number of carbonyl (C=O) groups excluding carboxylic acids is 1. The van der Waals surface area contributed by atoms with Crippen molar-refractivity contribution >= 4 is 17.4 Å². The first-order chi connectivity index (χ1) is 15.7. The molecule has 0 bridgehead atoms. The topological polar surface area (TPSA) is 115 Å². The third-order valence-electron chi connectivity index (χ3n) is 5.49. The summed E-state index contributed by atoms with van der Waals surface area (Å²) < 4.78 is 17.3. The maximum absolute atomic E-state index is 12.5. The monoisotopic (exact) mass is 435 g/mol. The molecule has 32 heavy (non-hydrogen) atoms. The first-order valence-electron chi connectivity index (χ1n) is 10.3. The number of benzene rings is 1. The minimum absolute atomic E-state index is 0.145. The summed E-state index contributed by atoms with van der Waals surface area (Å²) in [7, 11) is 0. The zero-order valence-corrected chi connectivity index (χ0v) is 17.4. The molecular weight excluding hydrogens is 414 g/mol. The first kappa shape index (κ1) is 20.1. The van der Waals surface area contributed by atoms with Crippen LogP contribution in [0.5, 0.6) is 11.5 Å². The van der Waals surface area contributed by atoms with Gasteiger partial charge in [0.05, 0.1) is 18.8 Å². The van der Waals surface area contributed by atoms with Crippen LogP contribution in [0.1, 0.15) is 22.8 Å². The summed E-state index contributed by atoms with van der Waals surface area (Å²) in [5, 5.41) is 5.77. The third-order valence-corrected chi connectivity index (χ3v) is 5.49. The second-order valence-electron chi connectivity index (χ2n) is 7.51. The van der Waals surface area contributed by atoms with Gasteiger partial charge in [0.25, 0.3) is 0 Å². The van der Waals surface area contributed by atoms with E-state index in [1.807, 2.05) is 17.1 Å². The van der Waals surface area contributed by atoms with Crippen molar-refractivity contribution < 1.29 is 19.0 Å². The summed E-state index contributed by atoms with van der Waals surface area (Å²) in [6, 6.07) is 1.60. The van der Waals surface area contributed by atoms with E-state index in [4.69, 9.17) is 14.2 Å². The smallest absolute Gasteiger partial charge is 0.317 e. The van der Waals surface area contributed by atoms with E-state index in [9.17, 15) is 9.70 Å². The minimum Gasteiger partial charge on any atom is -0.451 e. The molecule has 0 saturated carbocycles. The number of aromatic nitrogens is 2. The number of morpholine rings is 1. The molecule has 1 N–H and O–H groups in total. The van der Waals surface area contributed by atoms with Gasteiger partial charge in [-0.3, -0.25) is 4.79 Å². The fraction of sp³-hybridized carbons (Fsp3) is 0.318. The van der Waals surface area contributed by atoms with Gasteiger partial charge in [-0.1, -0.05) is 6.08 Å². The Labute approximate surface area is 183 Å². The average Bonchev–Trinajstić information content (AvgIpc) is 3.24. The highest BCUT2D eigenvalue weighted by Gasteiger charge is 2.33. The molecule has 164 valence electrons. The second kappa shape index (κ2) is 8.39. The van der Waals surface area contributed by atoms with E-state index in [0.29, 0.717) is 53.9 Å². The molecule has 2 aromatic rings. The molecule has 0 radical (unpaired) electrons. The second-order valence-corrected chi connectivity index (χ2v) is 7.51. The molecule has 4 heterocycles. The Morgan fingerprint density at radius 1 is 1.19 bits per heavy atom. The molecule has 5 rings (SSSR count). The molecule has 0 spiro atoms. The lowest BCUT2D eigenvalue weighted by Gasteiger charge is -2.26. The van der Waals surface area contributed by atoms with Crippen molar-refractivity contribution in [2.24, 2.45) is 5.18 Å². The SMILES string of the molecule is CC1Oc2c(-c3cnc(N4CCOCC4)nc3)cc(C(=O)N=O)c(C3=CC=CNC3)c2O1. The molecule has 1 unspecified atom stereocenters. The molecule has 1 aromatic heterocycles. The van der Waals surface area contributed by atoms with Crippen LogP contribution in [-0.4, -0.2) is 55.0 Å². The number of allylic oxidation sites excluding steroid dienone is 2. The molecule has 1 aromatic carbocycles. The number of ether oxygens (including phenoxy) is 3. The number of rotatable bonds is 4. The van der Waals surface area contributed by atoms with Crippen LogP contribution in [0.15, 0.2) is 42.0 Å². The maximum atomic E-state index is 12.5. The standard InChI is InChI=1S/C22H21N5O5/c1-13-31-19-16(15-11-24-22(25-12-15)27-5-7-30-8-6-27)9-17(21(28)26-29)18(20(19)32-13)14-3-2-4-23-10-14/h2-4,9,11-13,23H,5-8,10H2,1H3. The van der Waals surface area contributed by atoms with Crippen LogP contribution in [0, 0.1) is 4.91 Å². The fourth-order valence-corrected chi connectivity index (χ4v) is 4.00. The number of carbonyl (C=O) groups is 1. The van der Waals surface area contributed by atoms with E-state index in [0.717, 1.165) is 18.7 Å². The van der Waals surface area contributed by atoms with Crippen LogP contribution >= 0.6 is 0 Å². The molecule has 10 heteroatoms. The lowest BCUT2D eigenvalue weighted by molar-refractivity contribution is 0.0679. The number of nitrogens with zero attached hydrogens (tertiary/aromatic N) is 4. The maximum Gasteiger partial charge on any atom is 0.317 e. The molecule has 1 amide bonds. The van der Waals surface area contributed by atoms with Gasteiger partial charge in [0.1, 0.15) is 0 Å². The summed E-state index contributed by atoms with van der Waals surface area (Å²) in [4.78, 5) is 34.8. The van der Waals surface area contributed by atoms with Crippen LogP contribution in [0.25, 0.3) is 16.7 Å². The first-order valence-corrected chi connectivity index (χ1v) is 10.3. The number of anilines is 1. The summed E-state index contributed by atoms with van der Waals surface area (Å²) >= 11 is 0. The number of fused-ring (bicyclic) bond motifs is 1. The van der Waals surface area contributed by atoms with E-state index in [1.54, 1.807) is 31.6 Å². The molecule has 3 aliphatic heterocycles. The predicted octanol–water partition coefficient (Wildman–Crippen LogP) is 2.50. The van der Waals surface area contributed by atoms with Gasteiger partial charge in [0.15, 0.2) is 11.5 Å². The van der Waals surface area contributed by atoms with E-state index in [2.05, 4.69) is 20.5 Å². The number of nitrogens with one attached hydrogen (secondary N) is 1. The van der Waals surface area contributed by atoms with Crippen molar-refractivity contribution in [3.8, 4) is 22.6 Å². The van der Waals surface area contributed by atoms with Gasteiger partial charge < -0.3 is 24.4 Å². The molecule has 1 saturated heterocycles. The Morgan fingerprint density at radius 2 is 1.94 bits per heavy atom. The number of amides is 1. The van der Waals surface area contributed by atoms with Crippen LogP contribution in [0.4, 0.5) is 5.95 Å². The summed E-state index contributed by atoms with van der Waals surface area (Å²) in [5.74, 6) is 0.608. The lowest BCUT2D eigenvalue weighted by atomic mass is 9.92. The highest BCUT2D eigenvalue weighted by Crippen LogP contribution is 2.49. The van der Waals surface area contributed by atoms with E-state index in [1.165, 1.54) is 0 Å². The largest absolute Gasteiger partial charge is 0.451 e. The zero-order chi connectivity index (χ0) is 22.1. The van der Waals surface area contributed by atoms with Gasteiger partial charge >= 0.3 is 5.91 Å². The van der Waals surface area contributed by atoms with Crippen molar-refractivity contribution in [1.29, 1.82) is 0 Å². The number of nitroso groups, excluding NO2 is 1. The molecule has 3 aliphatic rings. The van der Waals surface area contributed by atoms with Crippen molar-refractivity contribution in [2.75, 3.05) is 37.7 Å². The number of dihydropyridines is 1. The van der Waals surface area contributed by atoms with Crippen LogP contribution < -0.4 is 19.7 Å². The normalized spacial score (nSPS) is 19.3. The van der Waals surface area contributed by atoms with Gasteiger partial charge in [0.2, 0.25) is 12.2 Å². The molecule has 1 fully saturated rings. The predicted molar refractivity (Wildman–Crippen MR) is 116 cm³/mol. The quantitative estimate of drug-likeness (QED) is 0.723. The van der Waals surface area contributed by atoms with Crippen molar-refractivity contribution in [2.45, 2.75) is 13.2 Å². The van der Waals surface area contributed by atoms with Gasteiger partial charge in [-0.2, -0.15) is 0 Å². The Bertz CT molecular complexity index is 1120. The van der Waals surface area contributed by atoms with Gasteiger partial charge in [-0.05, 0) is 23.9 Å². The zero-order valence-electron chi connectivity index (χ0n) is 17.4. The van der Waals surface area contributed by atoms with Gasteiger partial charge in [-0.25, -0.2) is 9.97 Å². The Hall–Kier alpha value is -3.79. The highest BCUT2D eigenvalue weighted by atomic mass is 16.7. The van der Waals surface area contributed by atoms with Crippen LogP contribution in [-0.2, 0) is 4.74 Å². The average molecular weight is 435 g/mol.